The Balaban J connectivity index is 2.52. The molecule has 1 aromatic heterocycles. The molecule has 3 nitrogen and oxygen atoms in total. The Morgan fingerprint density at radius 3 is 2.78 bits per heavy atom. The molecule has 0 fully saturated rings. The molecule has 0 bridgehead atoms. The maximum absolute atomic E-state index is 5.92. The topological polar surface area (TPSA) is 40.2 Å². The van der Waals surface area contributed by atoms with Crippen LogP contribution >= 0.6 is 0 Å². The van der Waals surface area contributed by atoms with Crippen LogP contribution in [0, 0.1) is 0 Å². The number of methoxy groups -OCH3 is 1. The number of nitrogens with two attached hydrogens (primary N) is 1. The zero-order chi connectivity index (χ0) is 13.1. The van der Waals surface area contributed by atoms with Crippen LogP contribution in [0.25, 0.3) is 10.9 Å². The van der Waals surface area contributed by atoms with Crippen LogP contribution in [0.5, 0.6) is 5.75 Å². The summed E-state index contributed by atoms with van der Waals surface area (Å²) in [6.45, 7) is 5.27. The van der Waals surface area contributed by atoms with Crippen LogP contribution in [0.1, 0.15) is 25.8 Å². The third-order valence-corrected chi connectivity index (χ3v) is 3.18. The third kappa shape index (κ3) is 2.51. The molecule has 0 aliphatic carbocycles. The Bertz CT molecular complexity index is 529. The monoisotopic (exact) mass is 246 g/mol. The first-order valence-corrected chi connectivity index (χ1v) is 6.57. The summed E-state index contributed by atoms with van der Waals surface area (Å²) in [5.74, 6) is 0.908. The van der Waals surface area contributed by atoms with E-state index in [9.17, 15) is 0 Å². The molecule has 18 heavy (non-hydrogen) atoms. The number of hydrogen-bond acceptors (Lipinski definition) is 2. The number of benzene rings is 1. The number of aryl methyl sites for hydroxylation is 1. The summed E-state index contributed by atoms with van der Waals surface area (Å²) >= 11 is 0. The maximum Gasteiger partial charge on any atom is 0.120 e. The van der Waals surface area contributed by atoms with Gasteiger partial charge in [0.15, 0.2) is 0 Å². The van der Waals surface area contributed by atoms with Gasteiger partial charge in [0, 0.05) is 30.2 Å². The predicted molar refractivity (Wildman–Crippen MR) is 76.1 cm³/mol. The van der Waals surface area contributed by atoms with Crippen molar-refractivity contribution in [1.82, 2.24) is 4.57 Å². The van der Waals surface area contributed by atoms with Crippen molar-refractivity contribution < 1.29 is 4.74 Å². The van der Waals surface area contributed by atoms with E-state index in [1.807, 2.05) is 13.0 Å². The fraction of sp³-hybridized carbons (Fsp3) is 0.467. The van der Waals surface area contributed by atoms with Gasteiger partial charge < -0.3 is 15.0 Å². The van der Waals surface area contributed by atoms with E-state index in [4.69, 9.17) is 10.5 Å². The van der Waals surface area contributed by atoms with Crippen molar-refractivity contribution in [3.8, 4) is 5.75 Å². The highest BCUT2D eigenvalue weighted by atomic mass is 16.5. The van der Waals surface area contributed by atoms with Crippen molar-refractivity contribution in [1.29, 1.82) is 0 Å². The lowest BCUT2D eigenvalue weighted by Gasteiger charge is -2.04. The Morgan fingerprint density at radius 2 is 2.17 bits per heavy atom. The molecule has 0 amide bonds. The van der Waals surface area contributed by atoms with Gasteiger partial charge in [-0.05, 0) is 37.5 Å². The van der Waals surface area contributed by atoms with Crippen LogP contribution in [0.15, 0.2) is 24.4 Å². The fourth-order valence-corrected chi connectivity index (χ4v) is 2.41. The zero-order valence-corrected chi connectivity index (χ0v) is 11.4. The Labute approximate surface area is 109 Å². The minimum Gasteiger partial charge on any atom is -0.497 e. The number of aromatic nitrogens is 1. The molecule has 1 atom stereocenters. The lowest BCUT2D eigenvalue weighted by Crippen LogP contribution is -2.17. The highest BCUT2D eigenvalue weighted by molar-refractivity contribution is 5.85. The van der Waals surface area contributed by atoms with Gasteiger partial charge >= 0.3 is 0 Å². The molecule has 0 aliphatic heterocycles. The van der Waals surface area contributed by atoms with Crippen molar-refractivity contribution in [2.75, 3.05) is 7.11 Å². The minimum absolute atomic E-state index is 0.188. The average molecular weight is 246 g/mol. The molecule has 1 unspecified atom stereocenters. The molecular formula is C15H22N2O. The van der Waals surface area contributed by atoms with Crippen LogP contribution in [0.2, 0.25) is 0 Å². The Kier molecular flexibility index (Phi) is 3.92. The van der Waals surface area contributed by atoms with Crippen molar-refractivity contribution in [2.45, 2.75) is 39.3 Å². The molecule has 1 aromatic carbocycles. The zero-order valence-electron chi connectivity index (χ0n) is 11.4. The summed E-state index contributed by atoms with van der Waals surface area (Å²) in [5, 5.41) is 1.29. The van der Waals surface area contributed by atoms with Gasteiger partial charge in [-0.25, -0.2) is 0 Å². The summed E-state index contributed by atoms with van der Waals surface area (Å²) in [4.78, 5) is 0. The van der Waals surface area contributed by atoms with E-state index in [1.54, 1.807) is 7.11 Å². The standard InChI is InChI=1S/C15H22N2O/c1-4-7-17-10-12(8-11(2)16)14-6-5-13(18-3)9-15(14)17/h5-6,9-11H,4,7-8,16H2,1-3H3. The molecule has 0 saturated heterocycles. The Hall–Kier alpha value is -1.48. The van der Waals surface area contributed by atoms with E-state index < -0.39 is 0 Å². The van der Waals surface area contributed by atoms with Crippen LogP contribution in [-0.4, -0.2) is 17.7 Å². The molecule has 2 aromatic rings. The molecule has 3 heteroatoms. The summed E-state index contributed by atoms with van der Waals surface area (Å²) in [5.41, 5.74) is 8.49. The van der Waals surface area contributed by atoms with E-state index in [2.05, 4.69) is 29.8 Å². The number of rotatable bonds is 5. The van der Waals surface area contributed by atoms with E-state index in [0.29, 0.717) is 0 Å². The largest absolute Gasteiger partial charge is 0.497 e. The quantitative estimate of drug-likeness (QED) is 0.881. The van der Waals surface area contributed by atoms with Crippen molar-refractivity contribution in [3.63, 3.8) is 0 Å². The predicted octanol–water partition coefficient (Wildman–Crippen LogP) is 2.95. The van der Waals surface area contributed by atoms with E-state index in [-0.39, 0.29) is 6.04 Å². The van der Waals surface area contributed by atoms with Crippen LogP contribution < -0.4 is 10.5 Å². The lowest BCUT2D eigenvalue weighted by atomic mass is 10.1. The first-order valence-electron chi connectivity index (χ1n) is 6.57. The second kappa shape index (κ2) is 5.44. The van der Waals surface area contributed by atoms with E-state index >= 15 is 0 Å². The summed E-state index contributed by atoms with van der Waals surface area (Å²) in [6.07, 6.45) is 4.27. The highest BCUT2D eigenvalue weighted by Gasteiger charge is 2.10. The normalized spacial score (nSPS) is 12.9. The van der Waals surface area contributed by atoms with E-state index in [0.717, 1.165) is 25.1 Å². The SMILES string of the molecule is CCCn1cc(CC(C)N)c2ccc(OC)cc21. The van der Waals surface area contributed by atoms with Gasteiger partial charge in [0.1, 0.15) is 5.75 Å². The lowest BCUT2D eigenvalue weighted by molar-refractivity contribution is 0.415. The summed E-state index contributed by atoms with van der Waals surface area (Å²) < 4.78 is 7.61. The molecular weight excluding hydrogens is 224 g/mol. The molecule has 2 rings (SSSR count). The Morgan fingerprint density at radius 1 is 1.39 bits per heavy atom. The molecule has 0 saturated carbocycles. The molecule has 1 heterocycles. The fourth-order valence-electron chi connectivity index (χ4n) is 2.41. The maximum atomic E-state index is 5.92. The summed E-state index contributed by atoms with van der Waals surface area (Å²) in [6, 6.07) is 6.45. The molecule has 2 N–H and O–H groups in total. The average Bonchev–Trinajstić information content (AvgIpc) is 2.67. The van der Waals surface area contributed by atoms with Gasteiger partial charge in [0.2, 0.25) is 0 Å². The molecule has 0 spiro atoms. The molecule has 0 aliphatic rings. The van der Waals surface area contributed by atoms with Gasteiger partial charge in [0.05, 0.1) is 12.6 Å². The van der Waals surface area contributed by atoms with Crippen LogP contribution in [0.3, 0.4) is 0 Å². The second-order valence-corrected chi connectivity index (χ2v) is 4.91. The third-order valence-electron chi connectivity index (χ3n) is 3.18. The second-order valence-electron chi connectivity index (χ2n) is 4.91. The number of fused-ring (bicyclic) bond motifs is 1. The summed E-state index contributed by atoms with van der Waals surface area (Å²) in [7, 11) is 1.71. The van der Waals surface area contributed by atoms with Gasteiger partial charge in [-0.3, -0.25) is 0 Å². The van der Waals surface area contributed by atoms with Crippen molar-refractivity contribution in [3.05, 3.63) is 30.0 Å². The highest BCUT2D eigenvalue weighted by Crippen LogP contribution is 2.26. The van der Waals surface area contributed by atoms with Gasteiger partial charge in [-0.15, -0.1) is 0 Å². The van der Waals surface area contributed by atoms with Crippen molar-refractivity contribution >= 4 is 10.9 Å². The minimum atomic E-state index is 0.188. The van der Waals surface area contributed by atoms with Gasteiger partial charge in [-0.1, -0.05) is 6.92 Å². The molecule has 0 radical (unpaired) electrons. The van der Waals surface area contributed by atoms with Crippen molar-refractivity contribution in [2.24, 2.45) is 5.73 Å². The first kappa shape index (κ1) is 13.0. The molecule has 98 valence electrons. The number of nitrogens with zero attached hydrogens (tertiary/aromatic N) is 1. The van der Waals surface area contributed by atoms with Crippen LogP contribution in [-0.2, 0) is 13.0 Å². The van der Waals surface area contributed by atoms with E-state index in [1.165, 1.54) is 16.5 Å². The van der Waals surface area contributed by atoms with Crippen LogP contribution in [0.4, 0.5) is 0 Å². The number of ether oxygens (including phenoxy) is 1. The van der Waals surface area contributed by atoms with Gasteiger partial charge in [0.25, 0.3) is 0 Å². The smallest absolute Gasteiger partial charge is 0.120 e. The van der Waals surface area contributed by atoms with Gasteiger partial charge in [-0.2, -0.15) is 0 Å². The first-order chi connectivity index (χ1) is 8.65. The number of hydrogen-bond donors (Lipinski definition) is 1.